The van der Waals surface area contributed by atoms with E-state index in [1.165, 1.54) is 36.0 Å². The number of imidazole rings is 1. The van der Waals surface area contributed by atoms with E-state index in [0.29, 0.717) is 34.7 Å². The summed E-state index contributed by atoms with van der Waals surface area (Å²) in [6.07, 6.45) is 1.76. The number of aromatic nitrogens is 2. The number of nitrogens with zero attached hydrogens (tertiary/aromatic N) is 3. The molecule has 0 unspecified atom stereocenters. The monoisotopic (exact) mass is 647 g/mol. The zero-order valence-electron chi connectivity index (χ0n) is 24.5. The van der Waals surface area contributed by atoms with Crippen molar-refractivity contribution in [3.63, 3.8) is 0 Å². The molecule has 0 radical (unpaired) electrons. The van der Waals surface area contributed by atoms with Crippen molar-refractivity contribution in [1.29, 1.82) is 0 Å². The standard InChI is InChI=1S/C31H33Cl2F2N5O2S/c1-31(2,19-6-11-24(32)27(14-19)42-5)28-17-37-30(40(28)22-9-7-20(34)8-10-22)43-18-23-25(33)15-21(16-26(23)35)38-29(41)36-12-13-39(3)4/h6-11,14-17H,12-13,18H2,1-5H3,(H2,36,38,41). The average Bonchev–Trinajstić information content (AvgIpc) is 3.37. The minimum atomic E-state index is -0.582. The van der Waals surface area contributed by atoms with Crippen LogP contribution in [-0.4, -0.2) is 54.8 Å². The number of methoxy groups -OCH3 is 1. The van der Waals surface area contributed by atoms with Gasteiger partial charge in [-0.15, -0.1) is 0 Å². The predicted molar refractivity (Wildman–Crippen MR) is 170 cm³/mol. The predicted octanol–water partition coefficient (Wildman–Crippen LogP) is 7.77. The molecule has 228 valence electrons. The van der Waals surface area contributed by atoms with E-state index in [1.807, 2.05) is 49.5 Å². The van der Waals surface area contributed by atoms with Crippen molar-refractivity contribution in [2.75, 3.05) is 39.6 Å². The summed E-state index contributed by atoms with van der Waals surface area (Å²) in [6, 6.07) is 14.0. The molecule has 3 aromatic carbocycles. The minimum Gasteiger partial charge on any atom is -0.495 e. The van der Waals surface area contributed by atoms with Crippen LogP contribution in [0, 0.1) is 11.6 Å². The van der Waals surface area contributed by atoms with Gasteiger partial charge in [-0.3, -0.25) is 4.57 Å². The molecule has 43 heavy (non-hydrogen) atoms. The number of likely N-dealkylation sites (N-methyl/N-ethyl adjacent to an activating group) is 1. The maximum atomic E-state index is 15.2. The normalized spacial score (nSPS) is 11.6. The second kappa shape index (κ2) is 14.0. The van der Waals surface area contributed by atoms with Crippen LogP contribution in [0.15, 0.2) is 66.0 Å². The van der Waals surface area contributed by atoms with Crippen molar-refractivity contribution >= 4 is 46.7 Å². The number of thioether (sulfide) groups is 1. The Balaban J connectivity index is 1.62. The number of ether oxygens (including phenoxy) is 1. The number of urea groups is 1. The maximum absolute atomic E-state index is 15.2. The molecule has 0 fully saturated rings. The second-order valence-corrected chi connectivity index (χ2v) is 12.4. The smallest absolute Gasteiger partial charge is 0.319 e. The van der Waals surface area contributed by atoms with Gasteiger partial charge in [0.05, 0.1) is 24.0 Å². The number of hydrogen-bond donors (Lipinski definition) is 2. The third-order valence-electron chi connectivity index (χ3n) is 6.92. The first-order valence-corrected chi connectivity index (χ1v) is 15.1. The quantitative estimate of drug-likeness (QED) is 0.163. The number of benzene rings is 3. The Morgan fingerprint density at radius 3 is 2.44 bits per heavy atom. The molecule has 0 bridgehead atoms. The number of rotatable bonds is 11. The number of carbonyl (C=O) groups is 1. The number of nitrogens with one attached hydrogen (secondary N) is 2. The Kier molecular flexibility index (Phi) is 10.6. The molecular formula is C31H33Cl2F2N5O2S. The highest BCUT2D eigenvalue weighted by molar-refractivity contribution is 7.98. The fraction of sp³-hybridized carbons (Fsp3) is 0.290. The minimum absolute atomic E-state index is 0.160. The third kappa shape index (κ3) is 7.80. The van der Waals surface area contributed by atoms with Gasteiger partial charge in [-0.25, -0.2) is 18.6 Å². The van der Waals surface area contributed by atoms with E-state index in [9.17, 15) is 9.18 Å². The van der Waals surface area contributed by atoms with Crippen LogP contribution in [0.4, 0.5) is 19.3 Å². The van der Waals surface area contributed by atoms with E-state index in [0.717, 1.165) is 11.3 Å². The summed E-state index contributed by atoms with van der Waals surface area (Å²) in [4.78, 5) is 18.8. The number of carbonyl (C=O) groups excluding carboxylic acids is 1. The van der Waals surface area contributed by atoms with Gasteiger partial charge in [0.2, 0.25) is 0 Å². The first kappa shape index (κ1) is 32.6. The molecule has 0 aliphatic rings. The molecule has 4 aromatic rings. The lowest BCUT2D eigenvalue weighted by Gasteiger charge is -2.28. The Bertz CT molecular complexity index is 1570. The van der Waals surface area contributed by atoms with Crippen molar-refractivity contribution in [2.45, 2.75) is 30.2 Å². The van der Waals surface area contributed by atoms with Crippen LogP contribution in [0.3, 0.4) is 0 Å². The number of amides is 2. The summed E-state index contributed by atoms with van der Waals surface area (Å²) in [5, 5.41) is 6.56. The SMILES string of the molecule is COc1cc(C(C)(C)c2cnc(SCc3c(F)cc(NC(=O)NCCN(C)C)cc3Cl)n2-c2ccc(F)cc2)ccc1Cl. The first-order valence-electron chi connectivity index (χ1n) is 13.4. The van der Waals surface area contributed by atoms with Gasteiger partial charge in [0.15, 0.2) is 5.16 Å². The molecule has 12 heteroatoms. The van der Waals surface area contributed by atoms with Crippen LogP contribution in [0.2, 0.25) is 10.0 Å². The summed E-state index contributed by atoms with van der Waals surface area (Å²) in [5.41, 5.74) is 2.36. The zero-order chi connectivity index (χ0) is 31.3. The summed E-state index contributed by atoms with van der Waals surface area (Å²) in [7, 11) is 5.36. The van der Waals surface area contributed by atoms with Gasteiger partial charge in [0.1, 0.15) is 17.4 Å². The van der Waals surface area contributed by atoms with Gasteiger partial charge in [0.25, 0.3) is 0 Å². The Labute approximate surface area is 264 Å². The van der Waals surface area contributed by atoms with Crippen LogP contribution in [0.5, 0.6) is 5.75 Å². The van der Waals surface area contributed by atoms with E-state index < -0.39 is 17.3 Å². The molecule has 0 aliphatic heterocycles. The molecule has 7 nitrogen and oxygen atoms in total. The molecule has 0 saturated heterocycles. The molecule has 0 spiro atoms. The summed E-state index contributed by atoms with van der Waals surface area (Å²) in [6.45, 7) is 5.19. The lowest BCUT2D eigenvalue weighted by Crippen LogP contribution is -2.34. The van der Waals surface area contributed by atoms with Gasteiger partial charge >= 0.3 is 6.03 Å². The van der Waals surface area contributed by atoms with E-state index in [2.05, 4.69) is 15.6 Å². The summed E-state index contributed by atoms with van der Waals surface area (Å²) < 4.78 is 36.5. The van der Waals surface area contributed by atoms with Gasteiger partial charge in [-0.2, -0.15) is 0 Å². The lowest BCUT2D eigenvalue weighted by molar-refractivity contribution is 0.250. The van der Waals surface area contributed by atoms with Crippen LogP contribution in [-0.2, 0) is 11.2 Å². The average molecular weight is 649 g/mol. The van der Waals surface area contributed by atoms with E-state index >= 15 is 4.39 Å². The topological polar surface area (TPSA) is 71.4 Å². The van der Waals surface area contributed by atoms with Gasteiger partial charge in [-0.1, -0.05) is 54.9 Å². The fourth-order valence-corrected chi connectivity index (χ4v) is 6.01. The van der Waals surface area contributed by atoms with Gasteiger partial charge in [0, 0.05) is 46.2 Å². The Morgan fingerprint density at radius 1 is 1.07 bits per heavy atom. The molecule has 0 atom stereocenters. The highest BCUT2D eigenvalue weighted by Crippen LogP contribution is 2.40. The van der Waals surface area contributed by atoms with Crippen molar-refractivity contribution in [3.8, 4) is 11.4 Å². The highest BCUT2D eigenvalue weighted by Gasteiger charge is 2.30. The van der Waals surface area contributed by atoms with Gasteiger partial charge < -0.3 is 20.3 Å². The third-order valence-corrected chi connectivity index (χ3v) is 8.55. The highest BCUT2D eigenvalue weighted by atomic mass is 35.5. The van der Waals surface area contributed by atoms with E-state index in [4.69, 9.17) is 27.9 Å². The largest absolute Gasteiger partial charge is 0.495 e. The number of anilines is 1. The second-order valence-electron chi connectivity index (χ2n) is 10.6. The van der Waals surface area contributed by atoms with Crippen LogP contribution in [0.1, 0.15) is 30.7 Å². The fourth-order valence-electron chi connectivity index (χ4n) is 4.43. The first-order chi connectivity index (χ1) is 20.4. The van der Waals surface area contributed by atoms with Crippen LogP contribution in [0.25, 0.3) is 5.69 Å². The molecule has 0 aliphatic carbocycles. The van der Waals surface area contributed by atoms with Gasteiger partial charge in [-0.05, 0) is 68.2 Å². The molecule has 0 saturated carbocycles. The van der Waals surface area contributed by atoms with Crippen molar-refractivity contribution in [2.24, 2.45) is 0 Å². The van der Waals surface area contributed by atoms with Crippen LogP contribution < -0.4 is 15.4 Å². The molecule has 4 rings (SSSR count). The van der Waals surface area contributed by atoms with E-state index in [-0.39, 0.29) is 27.8 Å². The Morgan fingerprint density at radius 2 is 1.79 bits per heavy atom. The van der Waals surface area contributed by atoms with Crippen LogP contribution >= 0.6 is 35.0 Å². The number of halogens is 4. The summed E-state index contributed by atoms with van der Waals surface area (Å²) >= 11 is 14.0. The molecule has 1 heterocycles. The molecular weight excluding hydrogens is 615 g/mol. The number of hydrogen-bond acceptors (Lipinski definition) is 5. The van der Waals surface area contributed by atoms with Crippen molar-refractivity contribution < 1.29 is 18.3 Å². The van der Waals surface area contributed by atoms with Crippen molar-refractivity contribution in [1.82, 2.24) is 19.8 Å². The maximum Gasteiger partial charge on any atom is 0.319 e. The molecule has 1 aromatic heterocycles. The van der Waals surface area contributed by atoms with Crippen molar-refractivity contribution in [3.05, 3.63) is 99.3 Å². The lowest BCUT2D eigenvalue weighted by atomic mass is 9.81. The zero-order valence-corrected chi connectivity index (χ0v) is 26.8. The summed E-state index contributed by atoms with van der Waals surface area (Å²) in [5.74, 6) is -0.219. The molecule has 2 N–H and O–H groups in total. The Hall–Kier alpha value is -3.31. The van der Waals surface area contributed by atoms with E-state index in [1.54, 1.807) is 31.5 Å². The molecule has 2 amide bonds.